The van der Waals surface area contributed by atoms with Crippen LogP contribution < -0.4 is 15.0 Å². The summed E-state index contributed by atoms with van der Waals surface area (Å²) < 4.78 is 7.27. The van der Waals surface area contributed by atoms with E-state index in [2.05, 4.69) is 56.2 Å². The number of aryl methyl sites for hydroxylation is 1. The molecule has 8 heteroatoms. The van der Waals surface area contributed by atoms with Crippen LogP contribution in [0.15, 0.2) is 53.7 Å². The maximum Gasteiger partial charge on any atom is 0.232 e. The van der Waals surface area contributed by atoms with E-state index in [0.29, 0.717) is 12.3 Å². The standard InChI is InChI=1S/C25H31N5O2S/c1-19-6-10-21(11-7-19)30-24(29-16-4-3-5-17-29)27-28-25(30)33-18-23(31)26-15-14-20-8-12-22(32-2)13-9-20/h6-13H,3-5,14-18H2,1-2H3,(H,26,31). The summed E-state index contributed by atoms with van der Waals surface area (Å²) in [6, 6.07) is 16.3. The van der Waals surface area contributed by atoms with Gasteiger partial charge in [0.25, 0.3) is 0 Å². The normalized spacial score (nSPS) is 13.7. The summed E-state index contributed by atoms with van der Waals surface area (Å²) in [6.07, 6.45) is 4.37. The fourth-order valence-corrected chi connectivity index (χ4v) is 4.67. The van der Waals surface area contributed by atoms with Crippen molar-refractivity contribution < 1.29 is 9.53 Å². The number of methoxy groups -OCH3 is 1. The number of amides is 1. The number of rotatable bonds is 9. The molecule has 174 valence electrons. The average Bonchev–Trinajstić information content (AvgIpc) is 3.28. The quantitative estimate of drug-likeness (QED) is 0.481. The minimum absolute atomic E-state index is 0.00788. The van der Waals surface area contributed by atoms with Crippen molar-refractivity contribution >= 4 is 23.6 Å². The third kappa shape index (κ3) is 6.07. The van der Waals surface area contributed by atoms with Crippen LogP contribution in [0.25, 0.3) is 5.69 Å². The van der Waals surface area contributed by atoms with Gasteiger partial charge in [0, 0.05) is 19.6 Å². The molecule has 0 unspecified atom stereocenters. The van der Waals surface area contributed by atoms with Gasteiger partial charge < -0.3 is 15.0 Å². The van der Waals surface area contributed by atoms with Crippen LogP contribution in [0.3, 0.4) is 0 Å². The zero-order chi connectivity index (χ0) is 23.0. The van der Waals surface area contributed by atoms with E-state index in [1.165, 1.54) is 36.6 Å². The third-order valence-electron chi connectivity index (χ3n) is 5.77. The number of aromatic nitrogens is 3. The summed E-state index contributed by atoms with van der Waals surface area (Å²) in [4.78, 5) is 14.8. The number of anilines is 1. The van der Waals surface area contributed by atoms with Gasteiger partial charge in [0.15, 0.2) is 5.16 Å². The molecule has 0 saturated carbocycles. The SMILES string of the molecule is COc1ccc(CCNC(=O)CSc2nnc(N3CCCCC3)n2-c2ccc(C)cc2)cc1. The number of nitrogens with zero attached hydrogens (tertiary/aromatic N) is 4. The van der Waals surface area contributed by atoms with E-state index in [1.54, 1.807) is 7.11 Å². The van der Waals surface area contributed by atoms with Crippen LogP contribution in [0.5, 0.6) is 5.75 Å². The molecular formula is C25H31N5O2S. The summed E-state index contributed by atoms with van der Waals surface area (Å²) in [6.45, 7) is 4.64. The molecule has 0 spiro atoms. The Kier molecular flexibility index (Phi) is 7.88. The van der Waals surface area contributed by atoms with Crippen LogP contribution in [-0.2, 0) is 11.2 Å². The minimum Gasteiger partial charge on any atom is -0.497 e. The molecule has 0 aliphatic carbocycles. The monoisotopic (exact) mass is 465 g/mol. The van der Waals surface area contributed by atoms with Crippen LogP contribution in [0.1, 0.15) is 30.4 Å². The molecule has 1 saturated heterocycles. The van der Waals surface area contributed by atoms with Gasteiger partial charge in [0.2, 0.25) is 11.9 Å². The third-order valence-corrected chi connectivity index (χ3v) is 6.70. The van der Waals surface area contributed by atoms with Crippen molar-refractivity contribution in [3.63, 3.8) is 0 Å². The van der Waals surface area contributed by atoms with Crippen LogP contribution >= 0.6 is 11.8 Å². The largest absolute Gasteiger partial charge is 0.497 e. The Balaban J connectivity index is 1.38. The first-order valence-corrected chi connectivity index (χ1v) is 12.4. The first-order valence-electron chi connectivity index (χ1n) is 11.4. The highest BCUT2D eigenvalue weighted by molar-refractivity contribution is 7.99. The Hall–Kier alpha value is -3.00. The van der Waals surface area contributed by atoms with Crippen molar-refractivity contribution in [1.29, 1.82) is 0 Å². The first-order chi connectivity index (χ1) is 16.1. The van der Waals surface area contributed by atoms with Gasteiger partial charge in [-0.25, -0.2) is 0 Å². The zero-order valence-electron chi connectivity index (χ0n) is 19.3. The van der Waals surface area contributed by atoms with E-state index in [1.807, 2.05) is 24.3 Å². The first kappa shape index (κ1) is 23.2. The van der Waals surface area contributed by atoms with Gasteiger partial charge >= 0.3 is 0 Å². The molecule has 0 radical (unpaired) electrons. The van der Waals surface area contributed by atoms with Crippen LogP contribution in [0, 0.1) is 6.92 Å². The maximum absolute atomic E-state index is 12.5. The van der Waals surface area contributed by atoms with Crippen molar-refractivity contribution in [2.75, 3.05) is 37.4 Å². The van der Waals surface area contributed by atoms with Crippen LogP contribution in [0.4, 0.5) is 5.95 Å². The number of hydrogen-bond donors (Lipinski definition) is 1. The van der Waals surface area contributed by atoms with Gasteiger partial charge in [-0.3, -0.25) is 9.36 Å². The van der Waals surface area contributed by atoms with E-state index in [0.717, 1.165) is 47.6 Å². The molecular weight excluding hydrogens is 434 g/mol. The highest BCUT2D eigenvalue weighted by Gasteiger charge is 2.22. The maximum atomic E-state index is 12.5. The zero-order valence-corrected chi connectivity index (χ0v) is 20.1. The molecule has 0 atom stereocenters. The lowest BCUT2D eigenvalue weighted by Gasteiger charge is -2.27. The predicted molar refractivity (Wildman–Crippen MR) is 133 cm³/mol. The second kappa shape index (κ2) is 11.2. The van der Waals surface area contributed by atoms with Gasteiger partial charge in [0.1, 0.15) is 5.75 Å². The molecule has 7 nitrogen and oxygen atoms in total. The van der Waals surface area contributed by atoms with Crippen molar-refractivity contribution in [3.8, 4) is 11.4 Å². The van der Waals surface area contributed by atoms with Gasteiger partial charge in [-0.1, -0.05) is 41.6 Å². The average molecular weight is 466 g/mol. The molecule has 3 aromatic rings. The topological polar surface area (TPSA) is 72.3 Å². The second-order valence-corrected chi connectivity index (χ2v) is 9.18. The molecule has 33 heavy (non-hydrogen) atoms. The van der Waals surface area contributed by atoms with E-state index in [9.17, 15) is 4.79 Å². The summed E-state index contributed by atoms with van der Waals surface area (Å²) >= 11 is 1.42. The molecule has 1 aliphatic rings. The van der Waals surface area contributed by atoms with Gasteiger partial charge in [-0.05, 0) is 62.4 Å². The fraction of sp³-hybridized carbons (Fsp3) is 0.400. The van der Waals surface area contributed by atoms with Gasteiger partial charge in [-0.2, -0.15) is 0 Å². The fourth-order valence-electron chi connectivity index (χ4n) is 3.89. The lowest BCUT2D eigenvalue weighted by Crippen LogP contribution is -2.31. The number of nitrogens with one attached hydrogen (secondary N) is 1. The number of ether oxygens (including phenoxy) is 1. The van der Waals surface area contributed by atoms with Gasteiger partial charge in [0.05, 0.1) is 18.6 Å². The van der Waals surface area contributed by atoms with E-state index in [-0.39, 0.29) is 5.91 Å². The number of hydrogen-bond acceptors (Lipinski definition) is 6. The second-order valence-electron chi connectivity index (χ2n) is 8.24. The Bertz CT molecular complexity index is 1040. The molecule has 4 rings (SSSR count). The predicted octanol–water partition coefficient (Wildman–Crippen LogP) is 4.03. The molecule has 1 aromatic heterocycles. The summed E-state index contributed by atoms with van der Waals surface area (Å²) in [5.41, 5.74) is 3.39. The van der Waals surface area contributed by atoms with E-state index in [4.69, 9.17) is 4.74 Å². The molecule has 1 fully saturated rings. The Labute approximate surface area is 199 Å². The number of carbonyl (C=O) groups is 1. The molecule has 2 heterocycles. The Morgan fingerprint density at radius 2 is 1.76 bits per heavy atom. The highest BCUT2D eigenvalue weighted by atomic mass is 32.2. The lowest BCUT2D eigenvalue weighted by atomic mass is 10.1. The van der Waals surface area contributed by atoms with E-state index >= 15 is 0 Å². The number of thioether (sulfide) groups is 1. The molecule has 1 N–H and O–H groups in total. The summed E-state index contributed by atoms with van der Waals surface area (Å²) in [7, 11) is 1.65. The van der Waals surface area contributed by atoms with Gasteiger partial charge in [-0.15, -0.1) is 10.2 Å². The molecule has 1 amide bonds. The van der Waals surface area contributed by atoms with Crippen molar-refractivity contribution in [3.05, 3.63) is 59.7 Å². The Morgan fingerprint density at radius 1 is 1.03 bits per heavy atom. The molecule has 1 aliphatic heterocycles. The smallest absolute Gasteiger partial charge is 0.232 e. The Morgan fingerprint density at radius 3 is 2.45 bits per heavy atom. The van der Waals surface area contributed by atoms with Crippen molar-refractivity contribution in [2.24, 2.45) is 0 Å². The van der Waals surface area contributed by atoms with Crippen molar-refractivity contribution in [1.82, 2.24) is 20.1 Å². The molecule has 2 aromatic carbocycles. The lowest BCUT2D eigenvalue weighted by molar-refractivity contribution is -0.118. The number of carbonyl (C=O) groups excluding carboxylic acids is 1. The van der Waals surface area contributed by atoms with E-state index < -0.39 is 0 Å². The van der Waals surface area contributed by atoms with Crippen molar-refractivity contribution in [2.45, 2.75) is 37.8 Å². The number of benzene rings is 2. The molecule has 0 bridgehead atoms. The number of piperidine rings is 1. The summed E-state index contributed by atoms with van der Waals surface area (Å²) in [5.74, 6) is 1.99. The highest BCUT2D eigenvalue weighted by Crippen LogP contribution is 2.28. The van der Waals surface area contributed by atoms with Crippen LogP contribution in [0.2, 0.25) is 0 Å². The van der Waals surface area contributed by atoms with Crippen LogP contribution in [-0.4, -0.2) is 53.2 Å². The minimum atomic E-state index is -0.00788. The summed E-state index contributed by atoms with van der Waals surface area (Å²) in [5, 5.41) is 12.7.